The molecule has 1 unspecified atom stereocenters. The Morgan fingerprint density at radius 2 is 2.00 bits per heavy atom. The molecule has 5 nitrogen and oxygen atoms in total. The number of thiophene rings is 1. The molecule has 0 fully saturated rings. The molecule has 1 aromatic carbocycles. The molecule has 26 heavy (non-hydrogen) atoms. The van der Waals surface area contributed by atoms with Crippen LogP contribution in [0.4, 0.5) is 5.69 Å². The van der Waals surface area contributed by atoms with Gasteiger partial charge in [-0.25, -0.2) is 4.98 Å². The molecular weight excluding hydrogens is 392 g/mol. The summed E-state index contributed by atoms with van der Waals surface area (Å²) in [5.74, 6) is -0.898. The molecule has 0 radical (unpaired) electrons. The van der Waals surface area contributed by atoms with Gasteiger partial charge in [-0.05, 0) is 42.6 Å². The van der Waals surface area contributed by atoms with Gasteiger partial charge in [-0.15, -0.1) is 22.7 Å². The Morgan fingerprint density at radius 3 is 2.69 bits per heavy atom. The first-order valence-corrected chi connectivity index (χ1v) is 9.89. The number of halogens is 1. The summed E-state index contributed by atoms with van der Waals surface area (Å²) >= 11 is 8.88. The third kappa shape index (κ3) is 4.91. The Bertz CT molecular complexity index is 892. The fourth-order valence-corrected chi connectivity index (χ4v) is 3.88. The smallest absolute Gasteiger partial charge is 0.312 e. The number of anilines is 1. The highest BCUT2D eigenvalue weighted by molar-refractivity contribution is 7.20. The monoisotopic (exact) mass is 406 g/mol. The van der Waals surface area contributed by atoms with Crippen LogP contribution in [0.5, 0.6) is 0 Å². The fraction of sp³-hybridized carbons (Fsp3) is 0.167. The van der Waals surface area contributed by atoms with Crippen LogP contribution in [0.2, 0.25) is 5.02 Å². The van der Waals surface area contributed by atoms with Gasteiger partial charge in [0.2, 0.25) is 0 Å². The molecule has 2 aromatic heterocycles. The molecule has 0 saturated heterocycles. The van der Waals surface area contributed by atoms with E-state index in [0.29, 0.717) is 16.4 Å². The van der Waals surface area contributed by atoms with E-state index in [2.05, 4.69) is 10.3 Å². The summed E-state index contributed by atoms with van der Waals surface area (Å²) in [5.41, 5.74) is 1.22. The number of esters is 1. The third-order valence-corrected chi connectivity index (χ3v) is 5.58. The van der Waals surface area contributed by atoms with Gasteiger partial charge in [0.1, 0.15) is 5.01 Å². The molecule has 0 saturated carbocycles. The lowest BCUT2D eigenvalue weighted by atomic mass is 10.3. The van der Waals surface area contributed by atoms with Crippen molar-refractivity contribution in [3.8, 4) is 9.88 Å². The Kier molecular flexibility index (Phi) is 6.03. The first-order valence-electron chi connectivity index (χ1n) is 7.75. The van der Waals surface area contributed by atoms with Crippen molar-refractivity contribution in [3.05, 3.63) is 57.9 Å². The Labute approximate surface area is 163 Å². The average Bonchev–Trinajstić information content (AvgIpc) is 3.28. The van der Waals surface area contributed by atoms with Gasteiger partial charge in [0.15, 0.2) is 6.10 Å². The van der Waals surface area contributed by atoms with E-state index in [9.17, 15) is 9.59 Å². The standard InChI is InChI=1S/C18H15ClN2O3S2/c1-11(17(23)20-13-6-4-12(19)5-7-13)24-16(22)9-14-10-26-18(21-14)15-3-2-8-25-15/h2-8,10-11H,9H2,1H3,(H,20,23). The highest BCUT2D eigenvalue weighted by Gasteiger charge is 2.19. The topological polar surface area (TPSA) is 68.3 Å². The number of hydrogen-bond acceptors (Lipinski definition) is 6. The quantitative estimate of drug-likeness (QED) is 0.605. The normalized spacial score (nSPS) is 11.8. The molecule has 1 atom stereocenters. The van der Waals surface area contributed by atoms with Gasteiger partial charge in [0.05, 0.1) is 17.0 Å². The second-order valence-corrected chi connectivity index (χ2v) is 7.67. The molecule has 0 spiro atoms. The second kappa shape index (κ2) is 8.44. The summed E-state index contributed by atoms with van der Waals surface area (Å²) in [6.45, 7) is 1.53. The number of carbonyl (C=O) groups excluding carboxylic acids is 2. The van der Waals surface area contributed by atoms with Crippen LogP contribution >= 0.6 is 34.3 Å². The van der Waals surface area contributed by atoms with E-state index in [4.69, 9.17) is 16.3 Å². The third-order valence-electron chi connectivity index (χ3n) is 3.40. The second-order valence-electron chi connectivity index (χ2n) is 5.43. The van der Waals surface area contributed by atoms with Crippen LogP contribution in [0.1, 0.15) is 12.6 Å². The van der Waals surface area contributed by atoms with Crippen molar-refractivity contribution in [1.29, 1.82) is 0 Å². The number of rotatable bonds is 6. The van der Waals surface area contributed by atoms with Crippen LogP contribution in [0, 0.1) is 0 Å². The summed E-state index contributed by atoms with van der Waals surface area (Å²) in [5, 5.41) is 7.93. The molecule has 2 heterocycles. The summed E-state index contributed by atoms with van der Waals surface area (Å²) in [7, 11) is 0. The highest BCUT2D eigenvalue weighted by atomic mass is 35.5. The number of nitrogens with one attached hydrogen (secondary N) is 1. The number of ether oxygens (including phenoxy) is 1. The summed E-state index contributed by atoms with van der Waals surface area (Å²) < 4.78 is 5.20. The minimum atomic E-state index is -0.909. The summed E-state index contributed by atoms with van der Waals surface area (Å²) in [4.78, 5) is 29.7. The van der Waals surface area contributed by atoms with Crippen molar-refractivity contribution in [1.82, 2.24) is 4.98 Å². The van der Waals surface area contributed by atoms with Crippen LogP contribution < -0.4 is 5.32 Å². The Morgan fingerprint density at radius 1 is 1.23 bits per heavy atom. The minimum absolute atomic E-state index is 0.0282. The number of hydrogen-bond donors (Lipinski definition) is 1. The Balaban J connectivity index is 1.52. The molecule has 134 valence electrons. The number of carbonyl (C=O) groups is 2. The van der Waals surface area contributed by atoms with E-state index in [1.807, 2.05) is 22.9 Å². The molecule has 1 N–H and O–H groups in total. The minimum Gasteiger partial charge on any atom is -0.452 e. The lowest BCUT2D eigenvalue weighted by Gasteiger charge is -2.13. The van der Waals surface area contributed by atoms with Gasteiger partial charge in [-0.2, -0.15) is 0 Å². The van der Waals surface area contributed by atoms with Gasteiger partial charge < -0.3 is 10.1 Å². The molecule has 0 aliphatic heterocycles. The summed E-state index contributed by atoms with van der Waals surface area (Å²) in [6.07, 6.45) is -0.881. The van der Waals surface area contributed by atoms with E-state index < -0.39 is 18.0 Å². The van der Waals surface area contributed by atoms with Gasteiger partial charge in [0, 0.05) is 16.1 Å². The van der Waals surface area contributed by atoms with Crippen molar-refractivity contribution in [2.75, 3.05) is 5.32 Å². The number of aromatic nitrogens is 1. The van der Waals surface area contributed by atoms with Gasteiger partial charge in [-0.3, -0.25) is 9.59 Å². The summed E-state index contributed by atoms with van der Waals surface area (Å²) in [6, 6.07) is 10.6. The van der Waals surface area contributed by atoms with Gasteiger partial charge >= 0.3 is 5.97 Å². The first kappa shape index (κ1) is 18.6. The molecular formula is C18H15ClN2O3S2. The molecule has 3 aromatic rings. The van der Waals surface area contributed by atoms with Crippen molar-refractivity contribution in [2.24, 2.45) is 0 Å². The zero-order chi connectivity index (χ0) is 18.5. The van der Waals surface area contributed by atoms with Crippen LogP contribution in [-0.2, 0) is 20.7 Å². The van der Waals surface area contributed by atoms with Gasteiger partial charge in [0.25, 0.3) is 5.91 Å². The van der Waals surface area contributed by atoms with E-state index in [1.54, 1.807) is 35.6 Å². The molecule has 1 amide bonds. The van der Waals surface area contributed by atoms with E-state index in [-0.39, 0.29) is 6.42 Å². The largest absolute Gasteiger partial charge is 0.452 e. The molecule has 0 aliphatic carbocycles. The fourth-order valence-electron chi connectivity index (χ4n) is 2.12. The lowest BCUT2D eigenvalue weighted by molar-refractivity contribution is -0.152. The van der Waals surface area contributed by atoms with Crippen LogP contribution in [-0.4, -0.2) is 23.0 Å². The van der Waals surface area contributed by atoms with Crippen LogP contribution in [0.25, 0.3) is 9.88 Å². The Hall–Kier alpha value is -2.22. The lowest BCUT2D eigenvalue weighted by Crippen LogP contribution is -2.30. The first-order chi connectivity index (χ1) is 12.5. The van der Waals surface area contributed by atoms with E-state index in [0.717, 1.165) is 9.88 Å². The zero-order valence-electron chi connectivity index (χ0n) is 13.8. The van der Waals surface area contributed by atoms with Crippen molar-refractivity contribution in [3.63, 3.8) is 0 Å². The predicted molar refractivity (Wildman–Crippen MR) is 105 cm³/mol. The maximum Gasteiger partial charge on any atom is 0.312 e. The highest BCUT2D eigenvalue weighted by Crippen LogP contribution is 2.28. The maximum atomic E-state index is 12.1. The van der Waals surface area contributed by atoms with Crippen molar-refractivity contribution in [2.45, 2.75) is 19.4 Å². The predicted octanol–water partition coefficient (Wildman–Crippen LogP) is 4.64. The van der Waals surface area contributed by atoms with E-state index >= 15 is 0 Å². The molecule has 0 bridgehead atoms. The average molecular weight is 407 g/mol. The molecule has 0 aliphatic rings. The zero-order valence-corrected chi connectivity index (χ0v) is 16.2. The van der Waals surface area contributed by atoms with Crippen molar-refractivity contribution < 1.29 is 14.3 Å². The van der Waals surface area contributed by atoms with E-state index in [1.165, 1.54) is 18.3 Å². The number of benzene rings is 1. The van der Waals surface area contributed by atoms with Crippen LogP contribution in [0.3, 0.4) is 0 Å². The van der Waals surface area contributed by atoms with Crippen LogP contribution in [0.15, 0.2) is 47.2 Å². The number of amides is 1. The number of thiazole rings is 1. The molecule has 3 rings (SSSR count). The van der Waals surface area contributed by atoms with Crippen molar-refractivity contribution >= 4 is 51.8 Å². The molecule has 8 heteroatoms. The van der Waals surface area contributed by atoms with Gasteiger partial charge in [-0.1, -0.05) is 17.7 Å². The SMILES string of the molecule is CC(OC(=O)Cc1csc(-c2cccs2)n1)C(=O)Nc1ccc(Cl)cc1. The maximum absolute atomic E-state index is 12.1. The number of nitrogens with zero attached hydrogens (tertiary/aromatic N) is 1.